The van der Waals surface area contributed by atoms with Crippen molar-refractivity contribution < 1.29 is 4.39 Å². The van der Waals surface area contributed by atoms with Gasteiger partial charge in [0.25, 0.3) is 0 Å². The number of anilines is 1. The molecule has 0 unspecified atom stereocenters. The molecule has 0 radical (unpaired) electrons. The number of nitrogen functional groups attached to an aromatic ring is 1. The third-order valence-electron chi connectivity index (χ3n) is 2.87. The summed E-state index contributed by atoms with van der Waals surface area (Å²) in [5.41, 5.74) is 8.05. The molecule has 1 aromatic heterocycles. The molecule has 0 saturated carbocycles. The molecule has 3 nitrogen and oxygen atoms in total. The van der Waals surface area contributed by atoms with Crippen LogP contribution in [0.4, 0.5) is 10.3 Å². The number of benzene rings is 2. The summed E-state index contributed by atoms with van der Waals surface area (Å²) in [6, 6.07) is 8.76. The lowest BCUT2D eigenvalue weighted by Crippen LogP contribution is -2.01. The highest BCUT2D eigenvalue weighted by Crippen LogP contribution is 2.32. The van der Waals surface area contributed by atoms with Crippen molar-refractivity contribution in [2.24, 2.45) is 0 Å². The number of imidazole rings is 1. The zero-order valence-electron chi connectivity index (χ0n) is 9.87. The zero-order chi connectivity index (χ0) is 14.4. The Balaban J connectivity index is 2.38. The van der Waals surface area contributed by atoms with Crippen LogP contribution in [0.1, 0.15) is 0 Å². The van der Waals surface area contributed by atoms with E-state index in [9.17, 15) is 4.39 Å². The molecular weight excluding hydrogens is 457 g/mol. The van der Waals surface area contributed by atoms with Gasteiger partial charge in [-0.2, -0.15) is 0 Å². The molecule has 0 aliphatic carbocycles. The minimum absolute atomic E-state index is 0.302. The van der Waals surface area contributed by atoms with Crippen LogP contribution in [-0.4, -0.2) is 9.55 Å². The van der Waals surface area contributed by atoms with Crippen LogP contribution in [0.15, 0.2) is 43.7 Å². The van der Waals surface area contributed by atoms with Crippen LogP contribution in [0.3, 0.4) is 0 Å². The van der Waals surface area contributed by atoms with E-state index < -0.39 is 0 Å². The quantitative estimate of drug-likeness (QED) is 0.550. The van der Waals surface area contributed by atoms with Crippen LogP contribution in [0, 0.1) is 5.82 Å². The van der Waals surface area contributed by atoms with Crippen LogP contribution in [0.5, 0.6) is 0 Å². The third-order valence-corrected chi connectivity index (χ3v) is 4.64. The molecule has 1 heterocycles. The molecule has 0 spiro atoms. The van der Waals surface area contributed by atoms with Crippen LogP contribution >= 0.6 is 47.8 Å². The first-order valence-corrected chi connectivity index (χ1v) is 7.93. The molecule has 102 valence electrons. The molecule has 0 bridgehead atoms. The van der Waals surface area contributed by atoms with Crippen molar-refractivity contribution in [1.82, 2.24) is 9.55 Å². The van der Waals surface area contributed by atoms with E-state index in [1.807, 2.05) is 18.2 Å². The molecule has 0 aliphatic heterocycles. The summed E-state index contributed by atoms with van der Waals surface area (Å²) in [6.45, 7) is 0. The Morgan fingerprint density at radius 2 is 1.80 bits per heavy atom. The summed E-state index contributed by atoms with van der Waals surface area (Å²) in [7, 11) is 0. The largest absolute Gasteiger partial charge is 0.369 e. The lowest BCUT2D eigenvalue weighted by molar-refractivity contribution is 0.623. The summed E-state index contributed by atoms with van der Waals surface area (Å²) in [5, 5.41) is 0. The number of hydrogen-bond acceptors (Lipinski definition) is 2. The Morgan fingerprint density at radius 1 is 1.05 bits per heavy atom. The maximum Gasteiger partial charge on any atom is 0.205 e. The Bertz CT molecular complexity index is 829. The molecule has 2 N–H and O–H groups in total. The van der Waals surface area contributed by atoms with Crippen LogP contribution in [0.2, 0.25) is 0 Å². The van der Waals surface area contributed by atoms with Gasteiger partial charge in [-0.05, 0) is 56.1 Å². The second-order valence-corrected chi connectivity index (χ2v) is 6.78. The number of halogens is 4. The smallest absolute Gasteiger partial charge is 0.205 e. The molecule has 0 atom stereocenters. The molecule has 0 amide bonds. The van der Waals surface area contributed by atoms with Crippen molar-refractivity contribution in [3.05, 3.63) is 49.6 Å². The molecule has 0 saturated heterocycles. The zero-order valence-corrected chi connectivity index (χ0v) is 14.6. The van der Waals surface area contributed by atoms with Gasteiger partial charge >= 0.3 is 0 Å². The third kappa shape index (κ3) is 2.27. The Labute approximate surface area is 139 Å². The molecule has 3 rings (SSSR count). The van der Waals surface area contributed by atoms with Gasteiger partial charge in [0.05, 0.1) is 21.2 Å². The van der Waals surface area contributed by atoms with Gasteiger partial charge in [0, 0.05) is 15.0 Å². The lowest BCUT2D eigenvalue weighted by Gasteiger charge is -2.09. The van der Waals surface area contributed by atoms with E-state index >= 15 is 0 Å². The first kappa shape index (κ1) is 14.0. The fourth-order valence-electron chi connectivity index (χ4n) is 2.00. The summed E-state index contributed by atoms with van der Waals surface area (Å²) in [4.78, 5) is 4.21. The van der Waals surface area contributed by atoms with E-state index in [-0.39, 0.29) is 5.82 Å². The minimum atomic E-state index is -0.365. The summed E-state index contributed by atoms with van der Waals surface area (Å²) >= 11 is 10.1. The number of nitrogens with zero attached hydrogens (tertiary/aromatic N) is 2. The molecule has 7 heteroatoms. The predicted molar refractivity (Wildman–Crippen MR) is 88.5 cm³/mol. The van der Waals surface area contributed by atoms with Gasteiger partial charge < -0.3 is 5.73 Å². The van der Waals surface area contributed by atoms with Crippen molar-refractivity contribution >= 4 is 64.8 Å². The first-order valence-electron chi connectivity index (χ1n) is 5.56. The van der Waals surface area contributed by atoms with E-state index in [1.54, 1.807) is 10.6 Å². The lowest BCUT2D eigenvalue weighted by atomic mass is 10.2. The fourth-order valence-corrected chi connectivity index (χ4v) is 3.11. The van der Waals surface area contributed by atoms with Gasteiger partial charge in [-0.25, -0.2) is 9.37 Å². The molecule has 2 aromatic carbocycles. The van der Waals surface area contributed by atoms with E-state index in [0.29, 0.717) is 15.9 Å². The fraction of sp³-hybridized carbons (Fsp3) is 0. The maximum absolute atomic E-state index is 13.6. The van der Waals surface area contributed by atoms with Gasteiger partial charge in [0.15, 0.2) is 0 Å². The van der Waals surface area contributed by atoms with Crippen molar-refractivity contribution in [3.8, 4) is 5.69 Å². The van der Waals surface area contributed by atoms with Gasteiger partial charge in [0.1, 0.15) is 5.82 Å². The summed E-state index contributed by atoms with van der Waals surface area (Å²) in [6.07, 6.45) is 0. The molecule has 0 aliphatic rings. The summed E-state index contributed by atoms with van der Waals surface area (Å²) in [5.74, 6) is -0.0632. The second-order valence-electron chi connectivity index (χ2n) is 4.16. The van der Waals surface area contributed by atoms with Crippen molar-refractivity contribution in [3.63, 3.8) is 0 Å². The molecular formula is C13H7Br3FN3. The second kappa shape index (κ2) is 5.13. The summed E-state index contributed by atoms with van der Waals surface area (Å²) < 4.78 is 17.5. The number of fused-ring (bicyclic) bond motifs is 1. The minimum Gasteiger partial charge on any atom is -0.369 e. The standard InChI is InChI=1S/C13H7Br3FN3/c14-6-1-2-7(15)11(3-6)20-12-4-8(16)9(17)5-10(12)19-13(20)18/h1-5H,(H2,18,19). The van der Waals surface area contributed by atoms with Gasteiger partial charge in [0.2, 0.25) is 5.95 Å². The van der Waals surface area contributed by atoms with Crippen LogP contribution in [-0.2, 0) is 0 Å². The Kier molecular flexibility index (Phi) is 3.60. The number of aromatic nitrogens is 2. The van der Waals surface area contributed by atoms with Crippen molar-refractivity contribution in [1.29, 1.82) is 0 Å². The monoisotopic (exact) mass is 461 g/mol. The van der Waals surface area contributed by atoms with E-state index in [1.165, 1.54) is 6.07 Å². The topological polar surface area (TPSA) is 43.8 Å². The molecule has 0 fully saturated rings. The highest BCUT2D eigenvalue weighted by molar-refractivity contribution is 9.11. The van der Waals surface area contributed by atoms with Gasteiger partial charge in [-0.3, -0.25) is 4.57 Å². The Morgan fingerprint density at radius 3 is 2.55 bits per heavy atom. The van der Waals surface area contributed by atoms with Gasteiger partial charge in [-0.15, -0.1) is 0 Å². The van der Waals surface area contributed by atoms with Crippen LogP contribution < -0.4 is 5.73 Å². The average molecular weight is 464 g/mol. The maximum atomic E-state index is 13.6. The highest BCUT2D eigenvalue weighted by atomic mass is 79.9. The van der Waals surface area contributed by atoms with E-state index in [4.69, 9.17) is 5.73 Å². The Hall–Kier alpha value is -0.920. The van der Waals surface area contributed by atoms with Gasteiger partial charge in [-0.1, -0.05) is 15.9 Å². The predicted octanol–water partition coefficient (Wildman–Crippen LogP) is 5.03. The van der Waals surface area contributed by atoms with E-state index in [0.717, 1.165) is 20.1 Å². The highest BCUT2D eigenvalue weighted by Gasteiger charge is 2.15. The van der Waals surface area contributed by atoms with Crippen LogP contribution in [0.25, 0.3) is 16.7 Å². The first-order chi connectivity index (χ1) is 9.47. The molecule has 20 heavy (non-hydrogen) atoms. The number of rotatable bonds is 1. The molecule has 3 aromatic rings. The SMILES string of the molecule is Nc1nc2cc(F)c(Br)cc2n1-c1cc(Br)ccc1Br. The average Bonchev–Trinajstić information content (AvgIpc) is 2.69. The number of nitrogens with two attached hydrogens (primary N) is 1. The number of hydrogen-bond donors (Lipinski definition) is 1. The van der Waals surface area contributed by atoms with Crippen molar-refractivity contribution in [2.45, 2.75) is 0 Å². The van der Waals surface area contributed by atoms with Crippen molar-refractivity contribution in [2.75, 3.05) is 5.73 Å². The van der Waals surface area contributed by atoms with E-state index in [2.05, 4.69) is 52.8 Å². The normalized spacial score (nSPS) is 11.2.